The Kier molecular flexibility index (Phi) is 4.14. The van der Waals surface area contributed by atoms with Gasteiger partial charge in [0.15, 0.2) is 5.82 Å². The summed E-state index contributed by atoms with van der Waals surface area (Å²) in [5, 5.41) is 11.1. The van der Waals surface area contributed by atoms with Crippen molar-refractivity contribution in [2.45, 2.75) is 10.9 Å². The second kappa shape index (κ2) is 6.05. The standard InChI is InChI=1S/C13H10ClFN4S2/c14-10-6-9(15)4-3-8(10)7-21-13-18-17-12(19(13)16)11-2-1-5-20-11/h1-6H,7,16H2. The summed E-state index contributed by atoms with van der Waals surface area (Å²) in [4.78, 5) is 0.955. The number of nitrogens with two attached hydrogens (primary N) is 1. The Balaban J connectivity index is 1.77. The van der Waals surface area contributed by atoms with E-state index in [9.17, 15) is 4.39 Å². The molecule has 0 amide bonds. The molecule has 0 unspecified atom stereocenters. The highest BCUT2D eigenvalue weighted by molar-refractivity contribution is 7.98. The maximum Gasteiger partial charge on any atom is 0.210 e. The van der Waals surface area contributed by atoms with E-state index in [-0.39, 0.29) is 5.82 Å². The minimum atomic E-state index is -0.351. The molecule has 0 saturated carbocycles. The van der Waals surface area contributed by atoms with Gasteiger partial charge in [-0.15, -0.1) is 21.5 Å². The Bertz CT molecular complexity index is 758. The monoisotopic (exact) mass is 340 g/mol. The van der Waals surface area contributed by atoms with Gasteiger partial charge in [-0.2, -0.15) is 0 Å². The van der Waals surface area contributed by atoms with E-state index in [4.69, 9.17) is 17.4 Å². The van der Waals surface area contributed by atoms with Gasteiger partial charge in [-0.1, -0.05) is 35.5 Å². The third-order valence-electron chi connectivity index (χ3n) is 2.78. The molecule has 0 aliphatic heterocycles. The lowest BCUT2D eigenvalue weighted by Crippen LogP contribution is -2.11. The molecule has 0 aliphatic carbocycles. The third kappa shape index (κ3) is 3.04. The summed E-state index contributed by atoms with van der Waals surface area (Å²) in [6.07, 6.45) is 0. The summed E-state index contributed by atoms with van der Waals surface area (Å²) in [5.74, 6) is 6.82. The first-order valence-electron chi connectivity index (χ1n) is 5.96. The van der Waals surface area contributed by atoms with Gasteiger partial charge in [0.1, 0.15) is 5.82 Å². The summed E-state index contributed by atoms with van der Waals surface area (Å²) in [6.45, 7) is 0. The molecule has 0 spiro atoms. The van der Waals surface area contributed by atoms with Crippen molar-refractivity contribution < 1.29 is 4.39 Å². The molecule has 0 saturated heterocycles. The minimum Gasteiger partial charge on any atom is -0.335 e. The molecule has 1 aromatic carbocycles. The number of thioether (sulfide) groups is 1. The average molecular weight is 341 g/mol. The number of halogens is 2. The fourth-order valence-electron chi connectivity index (χ4n) is 1.73. The van der Waals surface area contributed by atoms with Crippen LogP contribution in [0.1, 0.15) is 5.56 Å². The topological polar surface area (TPSA) is 56.7 Å². The van der Waals surface area contributed by atoms with Crippen molar-refractivity contribution in [1.29, 1.82) is 0 Å². The lowest BCUT2D eigenvalue weighted by atomic mass is 10.2. The van der Waals surface area contributed by atoms with Crippen LogP contribution in [0.2, 0.25) is 5.02 Å². The molecular formula is C13H10ClFN4S2. The van der Waals surface area contributed by atoms with E-state index in [0.717, 1.165) is 10.4 Å². The number of benzene rings is 1. The van der Waals surface area contributed by atoms with Gasteiger partial charge in [0.05, 0.1) is 4.88 Å². The zero-order chi connectivity index (χ0) is 14.8. The number of hydrogen-bond acceptors (Lipinski definition) is 5. The van der Waals surface area contributed by atoms with Crippen LogP contribution in [0.3, 0.4) is 0 Å². The van der Waals surface area contributed by atoms with Gasteiger partial charge in [-0.3, -0.25) is 0 Å². The summed E-state index contributed by atoms with van der Waals surface area (Å²) in [6, 6.07) is 8.19. The Hall–Kier alpha value is -1.57. The summed E-state index contributed by atoms with van der Waals surface area (Å²) in [7, 11) is 0. The van der Waals surface area contributed by atoms with E-state index in [0.29, 0.717) is 21.8 Å². The predicted molar refractivity (Wildman–Crippen MR) is 84.5 cm³/mol. The normalized spacial score (nSPS) is 11.0. The van der Waals surface area contributed by atoms with Gasteiger partial charge < -0.3 is 5.84 Å². The van der Waals surface area contributed by atoms with Gasteiger partial charge in [0, 0.05) is 10.8 Å². The summed E-state index contributed by atoms with van der Waals surface area (Å²) >= 11 is 8.94. The van der Waals surface area contributed by atoms with Crippen LogP contribution in [0.25, 0.3) is 10.7 Å². The number of aromatic nitrogens is 3. The van der Waals surface area contributed by atoms with Crippen LogP contribution in [-0.2, 0) is 5.75 Å². The number of hydrogen-bond donors (Lipinski definition) is 1. The van der Waals surface area contributed by atoms with E-state index in [2.05, 4.69) is 10.2 Å². The minimum absolute atomic E-state index is 0.351. The van der Waals surface area contributed by atoms with Crippen molar-refractivity contribution in [3.8, 4) is 10.7 Å². The first-order valence-corrected chi connectivity index (χ1v) is 8.20. The molecule has 0 atom stereocenters. The van der Waals surface area contributed by atoms with Crippen LogP contribution in [0.4, 0.5) is 4.39 Å². The van der Waals surface area contributed by atoms with E-state index < -0.39 is 0 Å². The molecule has 4 nitrogen and oxygen atoms in total. The van der Waals surface area contributed by atoms with Gasteiger partial charge in [0.2, 0.25) is 5.16 Å². The zero-order valence-corrected chi connectivity index (χ0v) is 13.1. The van der Waals surface area contributed by atoms with Gasteiger partial charge >= 0.3 is 0 Å². The van der Waals surface area contributed by atoms with Crippen molar-refractivity contribution in [3.05, 3.63) is 52.1 Å². The molecule has 2 aromatic heterocycles. The Morgan fingerprint density at radius 3 is 2.90 bits per heavy atom. The van der Waals surface area contributed by atoms with Crippen LogP contribution in [0.5, 0.6) is 0 Å². The van der Waals surface area contributed by atoms with Crippen LogP contribution in [0, 0.1) is 5.82 Å². The summed E-state index contributed by atoms with van der Waals surface area (Å²) in [5.41, 5.74) is 0.823. The van der Waals surface area contributed by atoms with Crippen molar-refractivity contribution in [3.63, 3.8) is 0 Å². The Labute approximate surface area is 133 Å². The molecule has 2 N–H and O–H groups in total. The smallest absolute Gasteiger partial charge is 0.210 e. The molecule has 0 aliphatic rings. The zero-order valence-electron chi connectivity index (χ0n) is 10.7. The SMILES string of the molecule is Nn1c(SCc2ccc(F)cc2Cl)nnc1-c1cccs1. The molecule has 0 fully saturated rings. The van der Waals surface area contributed by atoms with Crippen molar-refractivity contribution >= 4 is 34.7 Å². The van der Waals surface area contributed by atoms with Crippen LogP contribution in [0.15, 0.2) is 40.9 Å². The van der Waals surface area contributed by atoms with Gasteiger partial charge in [-0.05, 0) is 29.1 Å². The quantitative estimate of drug-likeness (QED) is 0.579. The lowest BCUT2D eigenvalue weighted by molar-refractivity contribution is 0.627. The number of nitrogen functional groups attached to an aromatic ring is 1. The van der Waals surface area contributed by atoms with Crippen LogP contribution in [-0.4, -0.2) is 14.9 Å². The predicted octanol–water partition coefficient (Wildman–Crippen LogP) is 3.81. The molecule has 3 rings (SSSR count). The lowest BCUT2D eigenvalue weighted by Gasteiger charge is -2.04. The molecule has 21 heavy (non-hydrogen) atoms. The van der Waals surface area contributed by atoms with Crippen molar-refractivity contribution in [2.24, 2.45) is 0 Å². The van der Waals surface area contributed by atoms with Crippen LogP contribution < -0.4 is 5.84 Å². The van der Waals surface area contributed by atoms with E-state index in [1.165, 1.54) is 28.6 Å². The van der Waals surface area contributed by atoms with E-state index in [1.54, 1.807) is 17.4 Å². The molecule has 108 valence electrons. The second-order valence-electron chi connectivity index (χ2n) is 4.18. The van der Waals surface area contributed by atoms with E-state index in [1.807, 2.05) is 17.5 Å². The van der Waals surface area contributed by atoms with Crippen molar-refractivity contribution in [2.75, 3.05) is 5.84 Å². The molecule has 3 aromatic rings. The fraction of sp³-hybridized carbons (Fsp3) is 0.0769. The number of rotatable bonds is 4. The average Bonchev–Trinajstić information content (AvgIpc) is 3.08. The highest BCUT2D eigenvalue weighted by atomic mass is 35.5. The third-order valence-corrected chi connectivity index (χ3v) is 4.99. The number of nitrogens with zero attached hydrogens (tertiary/aromatic N) is 3. The Morgan fingerprint density at radius 1 is 1.33 bits per heavy atom. The molecule has 0 radical (unpaired) electrons. The van der Waals surface area contributed by atoms with Crippen LogP contribution >= 0.6 is 34.7 Å². The van der Waals surface area contributed by atoms with Gasteiger partial charge in [0.25, 0.3) is 0 Å². The van der Waals surface area contributed by atoms with Crippen molar-refractivity contribution in [1.82, 2.24) is 14.9 Å². The van der Waals surface area contributed by atoms with E-state index >= 15 is 0 Å². The first-order chi connectivity index (χ1) is 10.1. The maximum absolute atomic E-state index is 13.0. The first kappa shape index (κ1) is 14.4. The Morgan fingerprint density at radius 2 is 2.19 bits per heavy atom. The highest BCUT2D eigenvalue weighted by Crippen LogP contribution is 2.28. The second-order valence-corrected chi connectivity index (χ2v) is 6.48. The number of thiophene rings is 1. The fourth-order valence-corrected chi connectivity index (χ4v) is 3.61. The molecule has 0 bridgehead atoms. The maximum atomic E-state index is 13.0. The largest absolute Gasteiger partial charge is 0.335 e. The highest BCUT2D eigenvalue weighted by Gasteiger charge is 2.13. The molecular weight excluding hydrogens is 331 g/mol. The summed E-state index contributed by atoms with van der Waals surface area (Å²) < 4.78 is 14.5. The molecule has 8 heteroatoms. The molecule has 2 heterocycles. The van der Waals surface area contributed by atoms with Gasteiger partial charge in [-0.25, -0.2) is 9.07 Å².